The largest absolute Gasteiger partial charge is 0.449 e. The summed E-state index contributed by atoms with van der Waals surface area (Å²) in [5.74, 6) is 0.259. The van der Waals surface area contributed by atoms with Crippen molar-refractivity contribution in [2.75, 3.05) is 0 Å². The number of halogens is 2. The standard InChI is InChI=1S/C10H6BrFO/c11-10-6-5-9(13-10)7-3-1-2-4-8(7)12/h1-6H. The van der Waals surface area contributed by atoms with Crippen LogP contribution in [0.25, 0.3) is 11.3 Å². The lowest BCUT2D eigenvalue weighted by molar-refractivity contribution is 0.547. The summed E-state index contributed by atoms with van der Waals surface area (Å²) < 4.78 is 19.0. The SMILES string of the molecule is Fc1ccccc1-c1ccc(Br)o1. The number of hydrogen-bond acceptors (Lipinski definition) is 1. The molecule has 1 aromatic heterocycles. The monoisotopic (exact) mass is 240 g/mol. The van der Waals surface area contributed by atoms with E-state index >= 15 is 0 Å². The van der Waals surface area contributed by atoms with E-state index in [0.29, 0.717) is 16.0 Å². The first-order valence-corrected chi connectivity index (χ1v) is 4.57. The third-order valence-corrected chi connectivity index (χ3v) is 2.14. The minimum atomic E-state index is -0.274. The summed E-state index contributed by atoms with van der Waals surface area (Å²) in [6.07, 6.45) is 0. The van der Waals surface area contributed by atoms with E-state index in [1.165, 1.54) is 6.07 Å². The summed E-state index contributed by atoms with van der Waals surface area (Å²) in [7, 11) is 0. The first kappa shape index (κ1) is 8.51. The lowest BCUT2D eigenvalue weighted by Crippen LogP contribution is -1.79. The molecule has 0 amide bonds. The van der Waals surface area contributed by atoms with Gasteiger partial charge >= 0.3 is 0 Å². The van der Waals surface area contributed by atoms with Crippen molar-refractivity contribution in [1.82, 2.24) is 0 Å². The maximum atomic E-state index is 13.2. The average molecular weight is 241 g/mol. The third kappa shape index (κ3) is 1.65. The Balaban J connectivity index is 2.52. The van der Waals surface area contributed by atoms with Gasteiger partial charge in [0.25, 0.3) is 0 Å². The zero-order chi connectivity index (χ0) is 9.26. The Morgan fingerprint density at radius 2 is 1.85 bits per heavy atom. The van der Waals surface area contributed by atoms with Gasteiger partial charge in [-0.3, -0.25) is 0 Å². The van der Waals surface area contributed by atoms with E-state index in [9.17, 15) is 4.39 Å². The van der Waals surface area contributed by atoms with Crippen molar-refractivity contribution >= 4 is 15.9 Å². The van der Waals surface area contributed by atoms with Crippen LogP contribution in [0.1, 0.15) is 0 Å². The van der Waals surface area contributed by atoms with Crippen molar-refractivity contribution in [2.24, 2.45) is 0 Å². The van der Waals surface area contributed by atoms with Crippen LogP contribution in [-0.4, -0.2) is 0 Å². The highest BCUT2D eigenvalue weighted by Gasteiger charge is 2.07. The maximum absolute atomic E-state index is 13.2. The van der Waals surface area contributed by atoms with Crippen LogP contribution in [0.4, 0.5) is 4.39 Å². The van der Waals surface area contributed by atoms with Crippen molar-refractivity contribution in [1.29, 1.82) is 0 Å². The second kappa shape index (κ2) is 3.34. The molecule has 66 valence electrons. The molecule has 13 heavy (non-hydrogen) atoms. The molecule has 0 aliphatic heterocycles. The Hall–Kier alpha value is -1.09. The molecule has 0 radical (unpaired) electrons. The van der Waals surface area contributed by atoms with E-state index in [-0.39, 0.29) is 5.82 Å². The molecule has 0 unspecified atom stereocenters. The van der Waals surface area contributed by atoms with Crippen molar-refractivity contribution in [2.45, 2.75) is 0 Å². The van der Waals surface area contributed by atoms with E-state index in [1.807, 2.05) is 0 Å². The first-order chi connectivity index (χ1) is 6.27. The molecular formula is C10H6BrFO. The molecule has 0 aliphatic carbocycles. The average Bonchev–Trinajstić information content (AvgIpc) is 2.53. The Kier molecular flexibility index (Phi) is 2.19. The van der Waals surface area contributed by atoms with E-state index in [0.717, 1.165) is 0 Å². The van der Waals surface area contributed by atoms with E-state index in [2.05, 4.69) is 15.9 Å². The molecule has 0 spiro atoms. The number of hydrogen-bond donors (Lipinski definition) is 0. The van der Waals surface area contributed by atoms with Crippen LogP contribution in [0, 0.1) is 5.82 Å². The van der Waals surface area contributed by atoms with E-state index in [1.54, 1.807) is 30.3 Å². The predicted octanol–water partition coefficient (Wildman–Crippen LogP) is 3.85. The molecule has 2 aromatic rings. The van der Waals surface area contributed by atoms with Crippen LogP contribution >= 0.6 is 15.9 Å². The van der Waals surface area contributed by atoms with Gasteiger partial charge in [-0.15, -0.1) is 0 Å². The second-order valence-electron chi connectivity index (χ2n) is 2.58. The summed E-state index contributed by atoms with van der Waals surface area (Å²) in [5.41, 5.74) is 0.480. The van der Waals surface area contributed by atoms with Crippen molar-refractivity contribution in [3.05, 3.63) is 46.9 Å². The normalized spacial score (nSPS) is 10.3. The van der Waals surface area contributed by atoms with E-state index in [4.69, 9.17) is 4.42 Å². The summed E-state index contributed by atoms with van der Waals surface area (Å²) in [6.45, 7) is 0. The minimum Gasteiger partial charge on any atom is -0.449 e. The molecule has 1 heterocycles. The van der Waals surface area contributed by atoms with Crippen LogP contribution < -0.4 is 0 Å². The molecule has 0 bridgehead atoms. The molecule has 0 saturated heterocycles. The van der Waals surface area contributed by atoms with Crippen molar-refractivity contribution in [3.8, 4) is 11.3 Å². The van der Waals surface area contributed by atoms with Crippen LogP contribution in [0.15, 0.2) is 45.5 Å². The van der Waals surface area contributed by atoms with Gasteiger partial charge in [-0.25, -0.2) is 4.39 Å². The molecule has 0 atom stereocenters. The smallest absolute Gasteiger partial charge is 0.169 e. The summed E-state index contributed by atoms with van der Waals surface area (Å²) >= 11 is 3.16. The fourth-order valence-electron chi connectivity index (χ4n) is 1.12. The van der Waals surface area contributed by atoms with Gasteiger partial charge in [-0.2, -0.15) is 0 Å². The molecule has 1 aromatic carbocycles. The van der Waals surface area contributed by atoms with Crippen LogP contribution in [-0.2, 0) is 0 Å². The molecule has 0 saturated carbocycles. The summed E-state index contributed by atoms with van der Waals surface area (Å²) in [6, 6.07) is 9.97. The zero-order valence-corrected chi connectivity index (χ0v) is 8.21. The van der Waals surface area contributed by atoms with Gasteiger partial charge in [0.05, 0.1) is 5.56 Å². The summed E-state index contributed by atoms with van der Waals surface area (Å²) in [5, 5.41) is 0. The van der Waals surface area contributed by atoms with E-state index < -0.39 is 0 Å². The summed E-state index contributed by atoms with van der Waals surface area (Å²) in [4.78, 5) is 0. The van der Waals surface area contributed by atoms with Crippen LogP contribution in [0.5, 0.6) is 0 Å². The van der Waals surface area contributed by atoms with Gasteiger partial charge in [0.1, 0.15) is 11.6 Å². The van der Waals surface area contributed by atoms with Crippen LogP contribution in [0.3, 0.4) is 0 Å². The molecule has 2 rings (SSSR count). The highest BCUT2D eigenvalue weighted by atomic mass is 79.9. The topological polar surface area (TPSA) is 13.1 Å². The number of rotatable bonds is 1. The highest BCUT2D eigenvalue weighted by Crippen LogP contribution is 2.26. The van der Waals surface area contributed by atoms with Gasteiger partial charge in [0.2, 0.25) is 0 Å². The predicted molar refractivity (Wildman–Crippen MR) is 51.8 cm³/mol. The molecule has 3 heteroatoms. The quantitative estimate of drug-likeness (QED) is 0.739. The van der Waals surface area contributed by atoms with Crippen molar-refractivity contribution < 1.29 is 8.81 Å². The van der Waals surface area contributed by atoms with Crippen LogP contribution in [0.2, 0.25) is 0 Å². The second-order valence-corrected chi connectivity index (χ2v) is 3.37. The Morgan fingerprint density at radius 3 is 2.46 bits per heavy atom. The molecule has 0 fully saturated rings. The fourth-order valence-corrected chi connectivity index (χ4v) is 1.43. The lowest BCUT2D eigenvalue weighted by Gasteiger charge is -1.96. The maximum Gasteiger partial charge on any atom is 0.169 e. The molecular weight excluding hydrogens is 235 g/mol. The number of furan rings is 1. The van der Waals surface area contributed by atoms with Gasteiger partial charge in [0.15, 0.2) is 4.67 Å². The third-order valence-electron chi connectivity index (χ3n) is 1.71. The Bertz CT molecular complexity index is 422. The van der Waals surface area contributed by atoms with Gasteiger partial charge < -0.3 is 4.42 Å². The number of benzene rings is 1. The fraction of sp³-hybridized carbons (Fsp3) is 0. The molecule has 0 aliphatic rings. The first-order valence-electron chi connectivity index (χ1n) is 3.77. The Labute approximate surface area is 83.3 Å². The van der Waals surface area contributed by atoms with Gasteiger partial charge in [-0.1, -0.05) is 12.1 Å². The van der Waals surface area contributed by atoms with Gasteiger partial charge in [0, 0.05) is 0 Å². The highest BCUT2D eigenvalue weighted by molar-refractivity contribution is 9.10. The zero-order valence-electron chi connectivity index (χ0n) is 6.63. The van der Waals surface area contributed by atoms with Gasteiger partial charge in [-0.05, 0) is 40.2 Å². The van der Waals surface area contributed by atoms with Crippen molar-refractivity contribution in [3.63, 3.8) is 0 Å². The minimum absolute atomic E-state index is 0.274. The lowest BCUT2D eigenvalue weighted by atomic mass is 10.2. The molecule has 0 N–H and O–H groups in total. The Morgan fingerprint density at radius 1 is 1.08 bits per heavy atom. The molecule has 1 nitrogen and oxygen atoms in total.